The maximum atomic E-state index is 16.5. The number of hydrogen-bond donors (Lipinski definition) is 0. The number of benzene rings is 3. The van der Waals surface area contributed by atoms with Crippen LogP contribution in [0, 0.1) is 0 Å². The van der Waals surface area contributed by atoms with Crippen LogP contribution >= 0.6 is 0 Å². The van der Waals surface area contributed by atoms with E-state index < -0.39 is 8.32 Å². The van der Waals surface area contributed by atoms with Gasteiger partial charge in [-0.15, -0.1) is 0 Å². The molecule has 250 valence electrons. The van der Waals surface area contributed by atoms with Crippen molar-refractivity contribution in [2.24, 2.45) is 0 Å². The number of rotatable bonds is 15. The average molecular weight is 695 g/mol. The standard InChI is InChI=1S/C30H39O13Si.ClH.Mg/c1-32-16-13-19(25(38-7)28(41-10)22(16)35-4)44(31,20-14-17(33-2)23(36-5)29(42-11)26(20)39-8)21-15-18(34-3)24(37-6)30(43-12)27(21)40-9;;/h13-15H,1-12H3;1H;/q-1;;+2/p-1. The Bertz CT molecular complexity index is 1320. The fraction of sp³-hybridized carbons (Fsp3) is 0.400. The molecule has 0 spiro atoms. The number of hydrogen-bond acceptors (Lipinski definition) is 13. The molecule has 0 saturated heterocycles. The van der Waals surface area contributed by atoms with Gasteiger partial charge in [-0.2, -0.15) is 0 Å². The summed E-state index contributed by atoms with van der Waals surface area (Å²) < 4.78 is 68.6. The van der Waals surface area contributed by atoms with Crippen molar-refractivity contribution in [3.8, 4) is 69.0 Å². The molecule has 0 amide bonds. The molecule has 0 aromatic heterocycles. The Morgan fingerprint density at radius 2 is 0.543 bits per heavy atom. The molecule has 0 N–H and O–H groups in total. The topological polar surface area (TPSA) is 134 Å². The first-order chi connectivity index (χ1) is 21.2. The van der Waals surface area contributed by atoms with Crippen molar-refractivity contribution in [3.63, 3.8) is 0 Å². The third-order valence-electron chi connectivity index (χ3n) is 7.10. The SMILES string of the molecule is COc1cc([Si]([O-])(c2cc(OC)c(OC)c(OC)c2OC)c2cc(OC)c(OC)c(OC)c2OC)c(OC)c(OC)c1OC.[Cl-].[Mg+2]. The summed E-state index contributed by atoms with van der Waals surface area (Å²) in [6.45, 7) is 0. The largest absolute Gasteiger partial charge is 2.00 e. The minimum absolute atomic E-state index is 0. The molecule has 0 heterocycles. The fourth-order valence-corrected chi connectivity index (χ4v) is 8.70. The van der Waals surface area contributed by atoms with E-state index in [1.165, 1.54) is 85.3 Å². The van der Waals surface area contributed by atoms with Crippen LogP contribution in [0.5, 0.6) is 69.0 Å². The van der Waals surface area contributed by atoms with Gasteiger partial charge in [-0.05, 0) is 33.8 Å². The maximum absolute atomic E-state index is 16.5. The van der Waals surface area contributed by atoms with Gasteiger partial charge >= 0.3 is 23.1 Å². The molecular weight excluding hydrogens is 656 g/mol. The molecule has 0 saturated carbocycles. The molecule has 3 aromatic rings. The van der Waals surface area contributed by atoms with Gasteiger partial charge < -0.3 is 74.0 Å². The number of methoxy groups -OCH3 is 12. The Hall–Kier alpha value is -3.51. The third kappa shape index (κ3) is 6.51. The van der Waals surface area contributed by atoms with Crippen LogP contribution in [0.1, 0.15) is 0 Å². The first-order valence-corrected chi connectivity index (χ1v) is 14.9. The molecule has 0 aliphatic rings. The van der Waals surface area contributed by atoms with Gasteiger partial charge in [-0.25, -0.2) is 0 Å². The normalized spacial score (nSPS) is 10.4. The number of ether oxygens (including phenoxy) is 12. The van der Waals surface area contributed by atoms with Crippen LogP contribution in [0.2, 0.25) is 0 Å². The molecule has 3 rings (SSSR count). The number of halogens is 1. The molecule has 0 fully saturated rings. The molecule has 0 aliphatic heterocycles. The second-order valence-electron chi connectivity index (χ2n) is 8.86. The summed E-state index contributed by atoms with van der Waals surface area (Å²) in [6.07, 6.45) is 0. The third-order valence-corrected chi connectivity index (χ3v) is 10.5. The Labute approximate surface area is 292 Å². The average Bonchev–Trinajstić information content (AvgIpc) is 3.07. The van der Waals surface area contributed by atoms with E-state index in [2.05, 4.69) is 0 Å². The van der Waals surface area contributed by atoms with Gasteiger partial charge in [0, 0.05) is 0 Å². The van der Waals surface area contributed by atoms with Gasteiger partial charge in [-0.3, -0.25) is 0 Å². The Balaban J connectivity index is 0.00000529. The van der Waals surface area contributed by atoms with Crippen LogP contribution in [-0.4, -0.2) is 117 Å². The first-order valence-electron chi connectivity index (χ1n) is 13.0. The van der Waals surface area contributed by atoms with Crippen LogP contribution in [0.3, 0.4) is 0 Å². The van der Waals surface area contributed by atoms with Gasteiger partial charge in [0.2, 0.25) is 34.5 Å². The van der Waals surface area contributed by atoms with Crippen LogP contribution in [0.25, 0.3) is 0 Å². The Morgan fingerprint density at radius 1 is 0.348 bits per heavy atom. The monoisotopic (exact) mass is 694 g/mol. The zero-order valence-corrected chi connectivity index (χ0v) is 31.3. The van der Waals surface area contributed by atoms with Crippen LogP contribution in [0.4, 0.5) is 0 Å². The Kier molecular flexibility index (Phi) is 15.3. The van der Waals surface area contributed by atoms with Crippen molar-refractivity contribution in [3.05, 3.63) is 18.2 Å². The zero-order valence-electron chi connectivity index (χ0n) is 28.1. The molecule has 0 atom stereocenters. The summed E-state index contributed by atoms with van der Waals surface area (Å²) in [5.41, 5.74) is 0. The predicted octanol–water partition coefficient (Wildman–Crippen LogP) is -2.26. The second kappa shape index (κ2) is 17.4. The molecule has 46 heavy (non-hydrogen) atoms. The van der Waals surface area contributed by atoms with Crippen molar-refractivity contribution in [2.75, 3.05) is 85.3 Å². The molecule has 13 nitrogen and oxygen atoms in total. The van der Waals surface area contributed by atoms with Crippen LogP contribution in [-0.2, 0) is 0 Å². The zero-order chi connectivity index (χ0) is 32.8. The van der Waals surface area contributed by atoms with Gasteiger partial charge in [-0.1, -0.05) is 0 Å². The molecule has 0 unspecified atom stereocenters. The first kappa shape index (κ1) is 40.5. The van der Waals surface area contributed by atoms with E-state index in [0.29, 0.717) is 0 Å². The van der Waals surface area contributed by atoms with Crippen molar-refractivity contribution >= 4 is 46.9 Å². The summed E-state index contributed by atoms with van der Waals surface area (Å²) in [5, 5.41) is 0.443. The minimum atomic E-state index is -4.74. The van der Waals surface area contributed by atoms with Gasteiger partial charge in [0.25, 0.3) is 0 Å². The molecule has 0 aliphatic carbocycles. The predicted molar refractivity (Wildman–Crippen MR) is 168 cm³/mol. The van der Waals surface area contributed by atoms with E-state index in [4.69, 9.17) is 56.8 Å². The summed E-state index contributed by atoms with van der Waals surface area (Å²) in [6, 6.07) is 4.64. The van der Waals surface area contributed by atoms with Gasteiger partial charge in [0.1, 0.15) is 0 Å². The van der Waals surface area contributed by atoms with Gasteiger partial charge in [0.05, 0.1) is 93.6 Å². The van der Waals surface area contributed by atoms with Gasteiger partial charge in [0.15, 0.2) is 34.5 Å². The van der Waals surface area contributed by atoms with Crippen molar-refractivity contribution in [1.29, 1.82) is 0 Å². The maximum Gasteiger partial charge on any atom is 2.00 e. The van der Waals surface area contributed by atoms with E-state index in [0.717, 1.165) is 0 Å². The Morgan fingerprint density at radius 3 is 0.696 bits per heavy atom. The van der Waals surface area contributed by atoms with E-state index in [-0.39, 0.29) is 120 Å². The molecule has 16 heteroatoms. The fourth-order valence-electron chi connectivity index (χ4n) is 5.22. The summed E-state index contributed by atoms with van der Waals surface area (Å²) in [5.74, 6) is 2.00. The molecule has 0 radical (unpaired) electrons. The molecular formula is C30H39ClMgO13Si. The van der Waals surface area contributed by atoms with E-state index in [9.17, 15) is 0 Å². The van der Waals surface area contributed by atoms with Crippen LogP contribution in [0.15, 0.2) is 18.2 Å². The van der Waals surface area contributed by atoms with E-state index in [1.54, 1.807) is 18.2 Å². The van der Waals surface area contributed by atoms with Crippen LogP contribution < -0.4 is 89.6 Å². The second-order valence-corrected chi connectivity index (χ2v) is 11.8. The molecule has 0 bridgehead atoms. The summed E-state index contributed by atoms with van der Waals surface area (Å²) >= 11 is 0. The summed E-state index contributed by atoms with van der Waals surface area (Å²) in [7, 11) is 12.5. The van der Waals surface area contributed by atoms with Crippen molar-refractivity contribution in [2.45, 2.75) is 0 Å². The quantitative estimate of drug-likeness (QED) is 0.125. The minimum Gasteiger partial charge on any atom is -1.00 e. The molecule has 3 aromatic carbocycles. The van der Waals surface area contributed by atoms with E-state index in [1.807, 2.05) is 0 Å². The van der Waals surface area contributed by atoms with Crippen molar-refractivity contribution in [1.82, 2.24) is 0 Å². The van der Waals surface area contributed by atoms with E-state index >= 15 is 4.80 Å². The summed E-state index contributed by atoms with van der Waals surface area (Å²) in [4.78, 5) is 16.5. The smallest absolute Gasteiger partial charge is 1.00 e. The van der Waals surface area contributed by atoms with Crippen molar-refractivity contribution < 1.29 is 74.0 Å².